The van der Waals surface area contributed by atoms with E-state index in [0.717, 1.165) is 38.6 Å². The number of hydrogen-bond donors (Lipinski definition) is 0. The Morgan fingerprint density at radius 3 is 2.31 bits per heavy atom. The monoisotopic (exact) mass is 467 g/mol. The zero-order valence-corrected chi connectivity index (χ0v) is 19.6. The van der Waals surface area contributed by atoms with Crippen LogP contribution in [0.4, 0.5) is 0 Å². The number of rotatable bonds is 3. The van der Waals surface area contributed by atoms with Gasteiger partial charge in [-0.25, -0.2) is 4.79 Å². The molecule has 0 aliphatic carbocycles. The standard InChI is InChI=1S/C32H21NO3/c1-35-22-15-17-24-25-16-14-20(18-30(25)36-32(34)27(24)19-22)23-11-7-13-29-31(23)26-10-5-6-12-28(26)33(29)21-8-3-2-4-9-21/h2-19H,1H3. The predicted octanol–water partition coefficient (Wildman–Crippen LogP) is 7.72. The van der Waals surface area contributed by atoms with Crippen molar-refractivity contribution in [1.29, 1.82) is 0 Å². The smallest absolute Gasteiger partial charge is 0.344 e. The molecular formula is C32H21NO3. The molecule has 7 rings (SSSR count). The lowest BCUT2D eigenvalue weighted by Crippen LogP contribution is -2.00. The van der Waals surface area contributed by atoms with Crippen molar-refractivity contribution >= 4 is 43.5 Å². The Bertz CT molecular complexity index is 2000. The normalized spacial score (nSPS) is 11.6. The summed E-state index contributed by atoms with van der Waals surface area (Å²) in [4.78, 5) is 12.8. The number of para-hydroxylation sites is 2. The summed E-state index contributed by atoms with van der Waals surface area (Å²) in [5.74, 6) is 0.632. The van der Waals surface area contributed by atoms with Crippen LogP contribution in [0.2, 0.25) is 0 Å². The molecule has 4 heteroatoms. The van der Waals surface area contributed by atoms with Gasteiger partial charge in [-0.05, 0) is 65.7 Å². The Hall–Kier alpha value is -4.83. The molecule has 0 spiro atoms. The lowest BCUT2D eigenvalue weighted by Gasteiger charge is -2.10. The SMILES string of the molecule is COc1ccc2c(c1)c(=O)oc1cc(-c3cccc4c3c3ccccc3n4-c3ccccc3)ccc12. The maximum absolute atomic E-state index is 12.8. The zero-order valence-electron chi connectivity index (χ0n) is 19.6. The molecule has 0 saturated carbocycles. The first-order chi connectivity index (χ1) is 17.7. The molecule has 0 bridgehead atoms. The molecule has 0 N–H and O–H groups in total. The Kier molecular flexibility index (Phi) is 4.48. The molecule has 7 aromatic rings. The first-order valence-corrected chi connectivity index (χ1v) is 11.9. The first-order valence-electron chi connectivity index (χ1n) is 11.9. The number of nitrogens with zero attached hydrogens (tertiary/aromatic N) is 1. The molecule has 0 amide bonds. The maximum Gasteiger partial charge on any atom is 0.344 e. The van der Waals surface area contributed by atoms with Crippen molar-refractivity contribution in [1.82, 2.24) is 4.57 Å². The van der Waals surface area contributed by atoms with Gasteiger partial charge in [0.1, 0.15) is 11.3 Å². The van der Waals surface area contributed by atoms with Crippen LogP contribution >= 0.6 is 0 Å². The number of hydrogen-bond acceptors (Lipinski definition) is 3. The van der Waals surface area contributed by atoms with E-state index >= 15 is 0 Å². The van der Waals surface area contributed by atoms with Gasteiger partial charge in [-0.2, -0.15) is 0 Å². The van der Waals surface area contributed by atoms with Crippen LogP contribution in [0.1, 0.15) is 0 Å². The van der Waals surface area contributed by atoms with Crippen LogP contribution in [0, 0.1) is 0 Å². The van der Waals surface area contributed by atoms with Gasteiger partial charge in [0.25, 0.3) is 0 Å². The molecule has 2 aromatic heterocycles. The van der Waals surface area contributed by atoms with Crippen molar-refractivity contribution in [3.8, 4) is 22.6 Å². The van der Waals surface area contributed by atoms with E-state index in [9.17, 15) is 4.79 Å². The Labute approximate surface area is 206 Å². The van der Waals surface area contributed by atoms with Crippen LogP contribution in [0.5, 0.6) is 5.75 Å². The summed E-state index contributed by atoms with van der Waals surface area (Å²) in [5.41, 5.74) is 5.70. The van der Waals surface area contributed by atoms with E-state index < -0.39 is 0 Å². The number of benzene rings is 5. The summed E-state index contributed by atoms with van der Waals surface area (Å²) in [6.45, 7) is 0. The molecule has 172 valence electrons. The van der Waals surface area contributed by atoms with Gasteiger partial charge in [0.05, 0.1) is 23.5 Å². The fraction of sp³-hybridized carbons (Fsp3) is 0.0312. The summed E-state index contributed by atoms with van der Waals surface area (Å²) in [6, 6.07) is 36.9. The summed E-state index contributed by atoms with van der Waals surface area (Å²) < 4.78 is 13.4. The van der Waals surface area contributed by atoms with Crippen molar-refractivity contribution < 1.29 is 9.15 Å². The molecule has 0 saturated heterocycles. The molecule has 2 heterocycles. The third-order valence-corrected chi connectivity index (χ3v) is 6.94. The highest BCUT2D eigenvalue weighted by molar-refractivity contribution is 6.16. The van der Waals surface area contributed by atoms with Crippen LogP contribution in [-0.4, -0.2) is 11.7 Å². The minimum Gasteiger partial charge on any atom is -0.497 e. The van der Waals surface area contributed by atoms with Crippen LogP contribution in [0.3, 0.4) is 0 Å². The van der Waals surface area contributed by atoms with Crippen LogP contribution in [0.15, 0.2) is 118 Å². The van der Waals surface area contributed by atoms with Crippen LogP contribution in [-0.2, 0) is 0 Å². The third kappa shape index (κ3) is 2.98. The zero-order chi connectivity index (χ0) is 24.2. The number of methoxy groups -OCH3 is 1. The lowest BCUT2D eigenvalue weighted by molar-refractivity contribution is 0.415. The lowest BCUT2D eigenvalue weighted by atomic mass is 9.97. The molecule has 0 aliphatic heterocycles. The van der Waals surface area contributed by atoms with Crippen molar-refractivity contribution in [3.05, 3.63) is 120 Å². The van der Waals surface area contributed by atoms with Gasteiger partial charge in [-0.15, -0.1) is 0 Å². The highest BCUT2D eigenvalue weighted by atomic mass is 16.5. The van der Waals surface area contributed by atoms with E-state index in [-0.39, 0.29) is 5.63 Å². The Morgan fingerprint density at radius 2 is 1.44 bits per heavy atom. The van der Waals surface area contributed by atoms with Crippen molar-refractivity contribution in [2.75, 3.05) is 7.11 Å². The number of ether oxygens (including phenoxy) is 1. The van der Waals surface area contributed by atoms with Crippen molar-refractivity contribution in [3.63, 3.8) is 0 Å². The minimum absolute atomic E-state index is 0.368. The van der Waals surface area contributed by atoms with E-state index in [4.69, 9.17) is 9.15 Å². The average molecular weight is 468 g/mol. The number of fused-ring (bicyclic) bond motifs is 6. The van der Waals surface area contributed by atoms with Gasteiger partial charge in [-0.3, -0.25) is 0 Å². The van der Waals surface area contributed by atoms with E-state index in [0.29, 0.717) is 16.7 Å². The number of aromatic nitrogens is 1. The second-order valence-corrected chi connectivity index (χ2v) is 8.90. The topological polar surface area (TPSA) is 44.4 Å². The predicted molar refractivity (Wildman–Crippen MR) is 146 cm³/mol. The fourth-order valence-electron chi connectivity index (χ4n) is 5.32. The molecular weight excluding hydrogens is 446 g/mol. The fourth-order valence-corrected chi connectivity index (χ4v) is 5.32. The van der Waals surface area contributed by atoms with E-state index in [1.54, 1.807) is 13.2 Å². The van der Waals surface area contributed by atoms with Gasteiger partial charge in [-0.1, -0.05) is 54.6 Å². The minimum atomic E-state index is -0.368. The second kappa shape index (κ2) is 7.85. The molecule has 0 aliphatic rings. The van der Waals surface area contributed by atoms with Gasteiger partial charge in [0.2, 0.25) is 0 Å². The molecule has 5 aromatic carbocycles. The summed E-state index contributed by atoms with van der Waals surface area (Å²) >= 11 is 0. The van der Waals surface area contributed by atoms with Gasteiger partial charge in [0, 0.05) is 27.2 Å². The third-order valence-electron chi connectivity index (χ3n) is 6.94. The van der Waals surface area contributed by atoms with Gasteiger partial charge < -0.3 is 13.7 Å². The highest BCUT2D eigenvalue weighted by Gasteiger charge is 2.17. The summed E-state index contributed by atoms with van der Waals surface area (Å²) in [7, 11) is 1.59. The Morgan fingerprint density at radius 1 is 0.667 bits per heavy atom. The molecule has 36 heavy (non-hydrogen) atoms. The molecule has 0 fully saturated rings. The second-order valence-electron chi connectivity index (χ2n) is 8.90. The van der Waals surface area contributed by atoms with Crippen molar-refractivity contribution in [2.24, 2.45) is 0 Å². The van der Waals surface area contributed by atoms with Crippen molar-refractivity contribution in [2.45, 2.75) is 0 Å². The average Bonchev–Trinajstić information content (AvgIpc) is 3.28. The quantitative estimate of drug-likeness (QED) is 0.197. The first kappa shape index (κ1) is 20.5. The molecule has 4 nitrogen and oxygen atoms in total. The molecule has 0 radical (unpaired) electrons. The van der Waals surface area contributed by atoms with Gasteiger partial charge >= 0.3 is 5.63 Å². The van der Waals surface area contributed by atoms with E-state index in [1.807, 2.05) is 30.3 Å². The van der Waals surface area contributed by atoms with Crippen LogP contribution in [0.25, 0.3) is 60.4 Å². The highest BCUT2D eigenvalue weighted by Crippen LogP contribution is 2.39. The maximum atomic E-state index is 12.8. The van der Waals surface area contributed by atoms with E-state index in [1.165, 1.54) is 10.8 Å². The van der Waals surface area contributed by atoms with Crippen LogP contribution < -0.4 is 10.4 Å². The molecule has 0 atom stereocenters. The Balaban J connectivity index is 1.52. The summed E-state index contributed by atoms with van der Waals surface area (Å²) in [6.07, 6.45) is 0. The largest absolute Gasteiger partial charge is 0.497 e. The summed E-state index contributed by atoms with van der Waals surface area (Å²) in [5, 5.41) is 4.62. The van der Waals surface area contributed by atoms with Gasteiger partial charge in [0.15, 0.2) is 0 Å². The van der Waals surface area contributed by atoms with E-state index in [2.05, 4.69) is 77.4 Å². The molecule has 0 unspecified atom stereocenters.